The fourth-order valence-electron chi connectivity index (χ4n) is 2.17. The predicted molar refractivity (Wildman–Crippen MR) is 78.9 cm³/mol. The minimum atomic E-state index is -0.803. The van der Waals surface area contributed by atoms with Crippen LogP contribution in [-0.4, -0.2) is 37.0 Å². The molecule has 0 aliphatic heterocycles. The highest BCUT2D eigenvalue weighted by Crippen LogP contribution is 2.22. The summed E-state index contributed by atoms with van der Waals surface area (Å²) in [6.07, 6.45) is 9.68. The number of rotatable bonds is 3. The summed E-state index contributed by atoms with van der Waals surface area (Å²) >= 11 is 0. The summed E-state index contributed by atoms with van der Waals surface area (Å²) in [6, 6.07) is 5.46. The highest BCUT2D eigenvalue weighted by molar-refractivity contribution is 6.47. The molecule has 0 aliphatic carbocycles. The Bertz CT molecular complexity index is 751. The lowest BCUT2D eigenvalue weighted by Crippen LogP contribution is -2.25. The van der Waals surface area contributed by atoms with Gasteiger partial charge in [0.15, 0.2) is 0 Å². The summed E-state index contributed by atoms with van der Waals surface area (Å²) in [5, 5.41) is 9.88. The molecule has 104 valence electrons. The smallest absolute Gasteiger partial charge is 0.413 e. The van der Waals surface area contributed by atoms with E-state index in [1.54, 1.807) is 37.7 Å². The van der Waals surface area contributed by atoms with Gasteiger partial charge in [-0.25, -0.2) is 4.98 Å². The second-order valence-corrected chi connectivity index (χ2v) is 4.66. The molecule has 3 aromatic rings. The van der Waals surface area contributed by atoms with Crippen molar-refractivity contribution in [2.45, 2.75) is 6.82 Å². The van der Waals surface area contributed by atoms with Gasteiger partial charge in [0, 0.05) is 31.0 Å². The van der Waals surface area contributed by atoms with E-state index in [-0.39, 0.29) is 5.91 Å². The van der Waals surface area contributed by atoms with Gasteiger partial charge in [-0.05, 0) is 36.1 Å². The third kappa shape index (κ3) is 2.51. The monoisotopic (exact) mass is 280 g/mol. The van der Waals surface area contributed by atoms with Gasteiger partial charge in [0.05, 0.1) is 5.69 Å². The van der Waals surface area contributed by atoms with E-state index in [4.69, 9.17) is 0 Å². The predicted octanol–water partition coefficient (Wildman–Crippen LogP) is 1.39. The van der Waals surface area contributed by atoms with Crippen LogP contribution >= 0.6 is 0 Å². The maximum Gasteiger partial charge on any atom is 0.413 e. The second-order valence-electron chi connectivity index (χ2n) is 4.66. The highest BCUT2D eigenvalue weighted by Gasteiger charge is 2.20. The molecule has 0 atom stereocenters. The second kappa shape index (κ2) is 5.38. The van der Waals surface area contributed by atoms with E-state index in [9.17, 15) is 9.82 Å². The molecule has 0 spiro atoms. The molecule has 0 aromatic carbocycles. The Hall–Kier alpha value is -2.67. The normalized spacial score (nSPS) is 10.6. The van der Waals surface area contributed by atoms with Crippen molar-refractivity contribution in [3.63, 3.8) is 0 Å². The highest BCUT2D eigenvalue weighted by atomic mass is 16.2. The van der Waals surface area contributed by atoms with E-state index in [1.165, 1.54) is 21.6 Å². The minimum Gasteiger partial charge on any atom is -0.432 e. The van der Waals surface area contributed by atoms with Crippen LogP contribution in [0.4, 0.5) is 0 Å². The van der Waals surface area contributed by atoms with Crippen LogP contribution in [0.15, 0.2) is 55.5 Å². The minimum absolute atomic E-state index is 0.242. The summed E-state index contributed by atoms with van der Waals surface area (Å²) in [7, 11) is -0.803. The van der Waals surface area contributed by atoms with Gasteiger partial charge < -0.3 is 9.50 Å². The zero-order valence-electron chi connectivity index (χ0n) is 11.4. The van der Waals surface area contributed by atoms with Crippen molar-refractivity contribution in [1.82, 2.24) is 19.0 Å². The molecule has 7 heteroatoms. The molecule has 3 rings (SSSR count). The molecule has 0 radical (unpaired) electrons. The summed E-state index contributed by atoms with van der Waals surface area (Å²) in [5.74, 6) is -0.242. The van der Waals surface area contributed by atoms with Crippen molar-refractivity contribution in [3.05, 3.63) is 61.2 Å². The maximum absolute atomic E-state index is 12.5. The first kappa shape index (κ1) is 13.3. The van der Waals surface area contributed by atoms with E-state index < -0.39 is 7.05 Å². The molecule has 0 aliphatic rings. The van der Waals surface area contributed by atoms with Crippen LogP contribution < -0.4 is 0 Å². The van der Waals surface area contributed by atoms with Gasteiger partial charge in [-0.1, -0.05) is 0 Å². The lowest BCUT2D eigenvalue weighted by molar-refractivity contribution is 0.0953. The van der Waals surface area contributed by atoms with Crippen molar-refractivity contribution in [1.29, 1.82) is 0 Å². The molecule has 3 aromatic heterocycles. The molecular weight excluding hydrogens is 267 g/mol. The third-order valence-electron chi connectivity index (χ3n) is 3.22. The number of nitrogens with zero attached hydrogens (tertiary/aromatic N) is 4. The fraction of sp³-hybridized carbons (Fsp3) is 0.0714. The molecule has 0 saturated carbocycles. The molecule has 0 amide bonds. The molecular formula is C14H13BN4O2. The Morgan fingerprint density at radius 2 is 1.95 bits per heavy atom. The number of carbonyl (C=O) groups is 1. The largest absolute Gasteiger partial charge is 0.432 e. The Labute approximate surface area is 121 Å². The average Bonchev–Trinajstić information content (AvgIpc) is 3.17. The van der Waals surface area contributed by atoms with Crippen molar-refractivity contribution in [2.75, 3.05) is 0 Å². The Morgan fingerprint density at radius 1 is 1.19 bits per heavy atom. The van der Waals surface area contributed by atoms with Crippen LogP contribution in [0.1, 0.15) is 10.5 Å². The van der Waals surface area contributed by atoms with Crippen LogP contribution in [0.3, 0.4) is 0 Å². The molecule has 0 saturated heterocycles. The molecule has 21 heavy (non-hydrogen) atoms. The lowest BCUT2D eigenvalue weighted by Gasteiger charge is -2.08. The molecule has 6 nitrogen and oxygen atoms in total. The van der Waals surface area contributed by atoms with Gasteiger partial charge in [-0.2, -0.15) is 0 Å². The number of aromatic nitrogens is 4. The van der Waals surface area contributed by atoms with E-state index in [0.29, 0.717) is 5.69 Å². The van der Waals surface area contributed by atoms with Crippen LogP contribution in [0, 0.1) is 0 Å². The number of hydrogen-bond acceptors (Lipinski definition) is 4. The zero-order chi connectivity index (χ0) is 14.8. The molecule has 0 unspecified atom stereocenters. The van der Waals surface area contributed by atoms with Crippen molar-refractivity contribution < 1.29 is 9.82 Å². The number of hydrogen-bond donors (Lipinski definition) is 1. The summed E-state index contributed by atoms with van der Waals surface area (Å²) in [6.45, 7) is 1.61. The third-order valence-corrected chi connectivity index (χ3v) is 3.22. The standard InChI is InChI=1S/C14H13BN4O2/c1-15(21)19-9-12(11-2-4-16-5-3-11)8-13(19)14(20)18-7-6-17-10-18/h2-10,21H,1H3. The molecule has 3 heterocycles. The van der Waals surface area contributed by atoms with E-state index in [0.717, 1.165) is 11.1 Å². The Kier molecular flexibility index (Phi) is 3.41. The van der Waals surface area contributed by atoms with Crippen molar-refractivity contribution in [3.8, 4) is 11.1 Å². The number of imidazole rings is 1. The van der Waals surface area contributed by atoms with Gasteiger partial charge >= 0.3 is 7.05 Å². The Balaban J connectivity index is 2.08. The van der Waals surface area contributed by atoms with Gasteiger partial charge in [-0.15, -0.1) is 0 Å². The van der Waals surface area contributed by atoms with E-state index in [2.05, 4.69) is 9.97 Å². The van der Waals surface area contributed by atoms with E-state index in [1.807, 2.05) is 12.1 Å². The topological polar surface area (TPSA) is 72.9 Å². The first-order chi connectivity index (χ1) is 10.2. The van der Waals surface area contributed by atoms with Crippen molar-refractivity contribution in [2.24, 2.45) is 0 Å². The average molecular weight is 280 g/mol. The summed E-state index contributed by atoms with van der Waals surface area (Å²) in [4.78, 5) is 20.3. The van der Waals surface area contributed by atoms with E-state index >= 15 is 0 Å². The van der Waals surface area contributed by atoms with Gasteiger partial charge in [0.25, 0.3) is 5.91 Å². The Morgan fingerprint density at radius 3 is 2.57 bits per heavy atom. The van der Waals surface area contributed by atoms with Crippen LogP contribution in [0.2, 0.25) is 6.82 Å². The molecule has 0 fully saturated rings. The molecule has 1 N–H and O–H groups in total. The first-order valence-electron chi connectivity index (χ1n) is 6.50. The fourth-order valence-corrected chi connectivity index (χ4v) is 2.17. The summed E-state index contributed by atoms with van der Waals surface area (Å²) in [5.41, 5.74) is 2.18. The maximum atomic E-state index is 12.5. The first-order valence-corrected chi connectivity index (χ1v) is 6.50. The van der Waals surface area contributed by atoms with Crippen LogP contribution in [-0.2, 0) is 0 Å². The molecule has 0 bridgehead atoms. The van der Waals surface area contributed by atoms with Gasteiger partial charge in [0.1, 0.15) is 6.33 Å². The summed E-state index contributed by atoms with van der Waals surface area (Å²) < 4.78 is 2.92. The lowest BCUT2D eigenvalue weighted by atomic mass is 9.88. The van der Waals surface area contributed by atoms with Gasteiger partial charge in [0.2, 0.25) is 0 Å². The van der Waals surface area contributed by atoms with Crippen molar-refractivity contribution >= 4 is 13.0 Å². The SMILES string of the molecule is CB(O)n1cc(-c2ccncc2)cc1C(=O)n1ccnc1. The van der Waals surface area contributed by atoms with Crippen LogP contribution in [0.5, 0.6) is 0 Å². The number of carbonyl (C=O) groups excluding carboxylic acids is 1. The zero-order valence-corrected chi connectivity index (χ0v) is 11.4. The quantitative estimate of drug-likeness (QED) is 0.736. The van der Waals surface area contributed by atoms with Gasteiger partial charge in [-0.3, -0.25) is 14.3 Å². The number of pyridine rings is 1. The van der Waals surface area contributed by atoms with Crippen LogP contribution in [0.25, 0.3) is 11.1 Å².